The minimum absolute atomic E-state index is 0.119. The summed E-state index contributed by atoms with van der Waals surface area (Å²) in [5, 5.41) is 14.8. The lowest BCUT2D eigenvalue weighted by Gasteiger charge is -2.27. The number of halogens is 1. The highest BCUT2D eigenvalue weighted by molar-refractivity contribution is 6.02. The van der Waals surface area contributed by atoms with Crippen LogP contribution in [0.25, 0.3) is 0 Å². The first-order chi connectivity index (χ1) is 14.9. The van der Waals surface area contributed by atoms with Crippen molar-refractivity contribution in [2.75, 3.05) is 26.3 Å². The van der Waals surface area contributed by atoms with Gasteiger partial charge in [-0.1, -0.05) is 55.4 Å². The second-order valence-electron chi connectivity index (χ2n) is 8.69. The zero-order chi connectivity index (χ0) is 22.2. The Morgan fingerprint density at radius 1 is 1.19 bits per heavy atom. The number of aliphatic hydroxyl groups is 1. The molecule has 1 heterocycles. The Hall–Kier alpha value is -2.28. The van der Waals surface area contributed by atoms with Crippen LogP contribution < -0.4 is 0 Å². The molecule has 0 saturated heterocycles. The van der Waals surface area contributed by atoms with E-state index >= 15 is 0 Å². The van der Waals surface area contributed by atoms with Crippen molar-refractivity contribution in [1.29, 1.82) is 0 Å². The van der Waals surface area contributed by atoms with Gasteiger partial charge in [-0.2, -0.15) is 0 Å². The summed E-state index contributed by atoms with van der Waals surface area (Å²) in [6.45, 7) is 8.60. The summed E-state index contributed by atoms with van der Waals surface area (Å²) >= 11 is 0. The molecule has 0 fully saturated rings. The van der Waals surface area contributed by atoms with Gasteiger partial charge in [0, 0.05) is 38.2 Å². The highest BCUT2D eigenvalue weighted by Crippen LogP contribution is 2.21. The fourth-order valence-electron chi connectivity index (χ4n) is 3.76. The zero-order valence-electron chi connectivity index (χ0n) is 18.6. The van der Waals surface area contributed by atoms with Crippen molar-refractivity contribution >= 4 is 5.71 Å². The fourth-order valence-corrected chi connectivity index (χ4v) is 3.76. The predicted octanol–water partition coefficient (Wildman–Crippen LogP) is 4.16. The van der Waals surface area contributed by atoms with Crippen molar-refractivity contribution < 1.29 is 19.1 Å². The summed E-state index contributed by atoms with van der Waals surface area (Å²) < 4.78 is 19.3. The molecule has 1 aliphatic rings. The maximum atomic E-state index is 13.7. The second kappa shape index (κ2) is 11.4. The average molecular weight is 429 g/mol. The molecular weight excluding hydrogens is 395 g/mol. The van der Waals surface area contributed by atoms with Crippen molar-refractivity contribution in [2.45, 2.75) is 45.9 Å². The lowest BCUT2D eigenvalue weighted by atomic mass is 10.00. The molecule has 31 heavy (non-hydrogen) atoms. The Morgan fingerprint density at radius 3 is 2.74 bits per heavy atom. The predicted molar refractivity (Wildman–Crippen MR) is 121 cm³/mol. The SMILES string of the molecule is Cc1ccccc1C1=NOC(CN(Cc2cccc(F)c2)CC(O)COCC(C)C)C1. The minimum Gasteiger partial charge on any atom is -0.390 e. The van der Waals surface area contributed by atoms with Gasteiger partial charge in [0.05, 0.1) is 18.4 Å². The largest absolute Gasteiger partial charge is 0.390 e. The molecule has 0 saturated carbocycles. The van der Waals surface area contributed by atoms with Crippen molar-refractivity contribution in [3.63, 3.8) is 0 Å². The number of hydrogen-bond donors (Lipinski definition) is 1. The van der Waals surface area contributed by atoms with Crippen molar-refractivity contribution in [2.24, 2.45) is 11.1 Å². The number of nitrogens with zero attached hydrogens (tertiary/aromatic N) is 2. The van der Waals surface area contributed by atoms with Gasteiger partial charge in [-0.25, -0.2) is 4.39 Å². The van der Waals surface area contributed by atoms with E-state index in [0.29, 0.717) is 38.6 Å². The minimum atomic E-state index is -0.634. The first-order valence-electron chi connectivity index (χ1n) is 10.9. The molecule has 2 aromatic rings. The van der Waals surface area contributed by atoms with E-state index in [9.17, 15) is 9.50 Å². The molecule has 2 aromatic carbocycles. The summed E-state index contributed by atoms with van der Waals surface area (Å²) in [6, 6.07) is 14.7. The monoisotopic (exact) mass is 428 g/mol. The molecule has 0 aliphatic carbocycles. The summed E-state index contributed by atoms with van der Waals surface area (Å²) in [5.41, 5.74) is 4.06. The molecular formula is C25H33FN2O3. The van der Waals surface area contributed by atoms with E-state index < -0.39 is 6.10 Å². The van der Waals surface area contributed by atoms with E-state index in [2.05, 4.69) is 43.0 Å². The van der Waals surface area contributed by atoms with Crippen LogP contribution in [-0.4, -0.2) is 54.2 Å². The number of oxime groups is 1. The molecule has 168 valence electrons. The van der Waals surface area contributed by atoms with Gasteiger partial charge in [-0.3, -0.25) is 4.90 Å². The quantitative estimate of drug-likeness (QED) is 0.584. The number of benzene rings is 2. The van der Waals surface area contributed by atoms with Crippen LogP contribution in [0.2, 0.25) is 0 Å². The van der Waals surface area contributed by atoms with Crippen LogP contribution in [0.5, 0.6) is 0 Å². The average Bonchev–Trinajstić information content (AvgIpc) is 3.16. The number of rotatable bonds is 11. The van der Waals surface area contributed by atoms with E-state index in [4.69, 9.17) is 9.57 Å². The number of ether oxygens (including phenoxy) is 1. The van der Waals surface area contributed by atoms with Gasteiger partial charge in [0.25, 0.3) is 0 Å². The van der Waals surface area contributed by atoms with E-state index in [1.165, 1.54) is 17.7 Å². The van der Waals surface area contributed by atoms with Crippen LogP contribution in [0.15, 0.2) is 53.7 Å². The molecule has 0 aromatic heterocycles. The highest BCUT2D eigenvalue weighted by Gasteiger charge is 2.26. The first-order valence-corrected chi connectivity index (χ1v) is 10.9. The second-order valence-corrected chi connectivity index (χ2v) is 8.69. The van der Waals surface area contributed by atoms with Crippen LogP contribution in [0, 0.1) is 18.7 Å². The zero-order valence-corrected chi connectivity index (χ0v) is 18.6. The topological polar surface area (TPSA) is 54.3 Å². The van der Waals surface area contributed by atoms with Crippen LogP contribution in [-0.2, 0) is 16.1 Å². The van der Waals surface area contributed by atoms with E-state index in [1.54, 1.807) is 6.07 Å². The van der Waals surface area contributed by atoms with E-state index in [0.717, 1.165) is 16.8 Å². The van der Waals surface area contributed by atoms with Gasteiger partial charge >= 0.3 is 0 Å². The normalized spacial score (nSPS) is 17.1. The number of aliphatic hydroxyl groups excluding tert-OH is 1. The van der Waals surface area contributed by atoms with Gasteiger partial charge in [-0.05, 0) is 36.1 Å². The number of aryl methyl sites for hydroxylation is 1. The molecule has 0 amide bonds. The first kappa shape index (κ1) is 23.4. The molecule has 5 nitrogen and oxygen atoms in total. The van der Waals surface area contributed by atoms with Crippen LogP contribution in [0.4, 0.5) is 4.39 Å². The molecule has 6 heteroatoms. The van der Waals surface area contributed by atoms with Crippen LogP contribution >= 0.6 is 0 Å². The van der Waals surface area contributed by atoms with Gasteiger partial charge in [0.15, 0.2) is 0 Å². The van der Waals surface area contributed by atoms with Crippen LogP contribution in [0.3, 0.4) is 0 Å². The van der Waals surface area contributed by atoms with Gasteiger partial charge in [0.2, 0.25) is 0 Å². The molecule has 0 spiro atoms. The summed E-state index contributed by atoms with van der Waals surface area (Å²) in [4.78, 5) is 7.80. The Kier molecular flexibility index (Phi) is 8.58. The lowest BCUT2D eigenvalue weighted by molar-refractivity contribution is -0.00735. The molecule has 2 atom stereocenters. The Morgan fingerprint density at radius 2 is 2.00 bits per heavy atom. The molecule has 3 rings (SSSR count). The molecule has 1 aliphatic heterocycles. The van der Waals surface area contributed by atoms with Gasteiger partial charge in [-0.15, -0.1) is 0 Å². The standard InChI is InChI=1S/C25H33FN2O3/c1-18(2)16-30-17-22(29)14-28(13-20-8-6-9-21(26)11-20)15-23-12-25(27-31-23)24-10-5-4-7-19(24)3/h4-11,18,22-23,29H,12-17H2,1-3H3. The van der Waals surface area contributed by atoms with Crippen molar-refractivity contribution in [3.05, 3.63) is 71.0 Å². The van der Waals surface area contributed by atoms with E-state index in [-0.39, 0.29) is 18.5 Å². The smallest absolute Gasteiger partial charge is 0.145 e. The maximum Gasteiger partial charge on any atom is 0.145 e. The summed E-state index contributed by atoms with van der Waals surface area (Å²) in [7, 11) is 0. The highest BCUT2D eigenvalue weighted by atomic mass is 19.1. The van der Waals surface area contributed by atoms with Gasteiger partial charge in [0.1, 0.15) is 11.9 Å². The molecule has 2 unspecified atom stereocenters. The third-order valence-electron chi connectivity index (χ3n) is 5.18. The summed E-state index contributed by atoms with van der Waals surface area (Å²) in [5.74, 6) is 0.153. The van der Waals surface area contributed by atoms with Crippen LogP contribution in [0.1, 0.15) is 37.0 Å². The molecule has 1 N–H and O–H groups in total. The molecule has 0 bridgehead atoms. The van der Waals surface area contributed by atoms with E-state index in [1.807, 2.05) is 18.2 Å². The third kappa shape index (κ3) is 7.42. The summed E-state index contributed by atoms with van der Waals surface area (Å²) in [6.07, 6.45) is -0.0535. The number of hydrogen-bond acceptors (Lipinski definition) is 5. The maximum absolute atomic E-state index is 13.7. The van der Waals surface area contributed by atoms with Crippen molar-refractivity contribution in [1.82, 2.24) is 4.90 Å². The molecule has 0 radical (unpaired) electrons. The van der Waals surface area contributed by atoms with Gasteiger partial charge < -0.3 is 14.7 Å². The fraction of sp³-hybridized carbons (Fsp3) is 0.480. The van der Waals surface area contributed by atoms with Crippen molar-refractivity contribution in [3.8, 4) is 0 Å². The lowest BCUT2D eigenvalue weighted by Crippen LogP contribution is -2.39. The Balaban J connectivity index is 1.61. The third-order valence-corrected chi connectivity index (χ3v) is 5.18. The Labute approximate surface area is 184 Å². The Bertz CT molecular complexity index is 871.